The lowest BCUT2D eigenvalue weighted by atomic mass is 10.1. The number of fused-ring (bicyclic) bond motifs is 2. The fourth-order valence-electron chi connectivity index (χ4n) is 1.88. The third-order valence-corrected chi connectivity index (χ3v) is 3.77. The van der Waals surface area contributed by atoms with Gasteiger partial charge in [-0.1, -0.05) is 13.8 Å². The highest BCUT2D eigenvalue weighted by atomic mass is 32.2. The Bertz CT molecular complexity index is 114. The van der Waals surface area contributed by atoms with E-state index in [1.54, 1.807) is 0 Å². The second-order valence-corrected chi connectivity index (χ2v) is 4.31. The maximum atomic E-state index is 2.52. The van der Waals surface area contributed by atoms with Gasteiger partial charge in [-0.3, -0.25) is 0 Å². The summed E-state index contributed by atoms with van der Waals surface area (Å²) in [6.45, 7) is 5.36. The molecular weight excluding hydrogens is 154 g/mol. The van der Waals surface area contributed by atoms with Gasteiger partial charge in [-0.15, -0.1) is 0 Å². The summed E-state index contributed by atoms with van der Waals surface area (Å²) < 4.78 is 0. The lowest BCUT2D eigenvalue weighted by molar-refractivity contribution is 0.334. The summed E-state index contributed by atoms with van der Waals surface area (Å²) in [6.07, 6.45) is 1.48. The predicted molar refractivity (Wildman–Crippen MR) is 53.2 cm³/mol. The monoisotopic (exact) mass is 173 g/mol. The largest absolute Gasteiger partial charge is 0.302 e. The molecule has 0 saturated carbocycles. The summed E-state index contributed by atoms with van der Waals surface area (Å²) in [5.74, 6) is 3.83. The summed E-state index contributed by atoms with van der Waals surface area (Å²) >= 11 is 2.14. The first-order valence-corrected chi connectivity index (χ1v) is 5.79. The molecule has 2 rings (SSSR count). The van der Waals surface area contributed by atoms with Crippen molar-refractivity contribution >= 4 is 11.8 Å². The minimum atomic E-state index is 0.925. The van der Waals surface area contributed by atoms with Crippen LogP contribution >= 0.6 is 11.8 Å². The predicted octanol–water partition coefficient (Wildman–Crippen LogP) is 2.08. The summed E-state index contributed by atoms with van der Waals surface area (Å²) in [6, 6.07) is 0.925. The number of thioether (sulfide) groups is 1. The van der Waals surface area contributed by atoms with Crippen LogP contribution in [0.15, 0.2) is 0 Å². The SMILES string of the molecule is CC.CN1CC2CSCC1C2. The fraction of sp³-hybridized carbons (Fsp3) is 1.00. The molecule has 0 aromatic heterocycles. The van der Waals surface area contributed by atoms with Gasteiger partial charge in [0.05, 0.1) is 0 Å². The molecule has 2 unspecified atom stereocenters. The van der Waals surface area contributed by atoms with Gasteiger partial charge < -0.3 is 4.90 Å². The van der Waals surface area contributed by atoms with E-state index in [9.17, 15) is 0 Å². The lowest BCUT2D eigenvalue weighted by Crippen LogP contribution is -2.26. The average Bonchev–Trinajstić information content (AvgIpc) is 2.31. The third-order valence-electron chi connectivity index (χ3n) is 2.44. The zero-order chi connectivity index (χ0) is 8.27. The van der Waals surface area contributed by atoms with Crippen LogP contribution in [0.1, 0.15) is 20.3 Å². The van der Waals surface area contributed by atoms with Gasteiger partial charge in [-0.2, -0.15) is 11.8 Å². The van der Waals surface area contributed by atoms with Crippen molar-refractivity contribution in [1.82, 2.24) is 4.90 Å². The summed E-state index contributed by atoms with van der Waals surface area (Å²) in [4.78, 5) is 2.52. The molecule has 1 nitrogen and oxygen atoms in total. The van der Waals surface area contributed by atoms with Crippen molar-refractivity contribution < 1.29 is 0 Å². The topological polar surface area (TPSA) is 3.24 Å². The minimum Gasteiger partial charge on any atom is -0.302 e. The van der Waals surface area contributed by atoms with Crippen molar-refractivity contribution in [3.05, 3.63) is 0 Å². The highest BCUT2D eigenvalue weighted by molar-refractivity contribution is 7.99. The van der Waals surface area contributed by atoms with E-state index in [1.807, 2.05) is 13.8 Å². The highest BCUT2D eigenvalue weighted by Gasteiger charge is 2.32. The van der Waals surface area contributed by atoms with Crippen LogP contribution in [0.4, 0.5) is 0 Å². The van der Waals surface area contributed by atoms with Gasteiger partial charge in [-0.05, 0) is 25.1 Å². The van der Waals surface area contributed by atoms with Crippen molar-refractivity contribution in [3.63, 3.8) is 0 Å². The molecule has 0 N–H and O–H groups in total. The summed E-state index contributed by atoms with van der Waals surface area (Å²) in [5, 5.41) is 0. The number of hydrogen-bond donors (Lipinski definition) is 0. The van der Waals surface area contributed by atoms with Crippen molar-refractivity contribution in [2.75, 3.05) is 25.1 Å². The maximum absolute atomic E-state index is 2.52. The van der Waals surface area contributed by atoms with Crippen LogP contribution in [-0.4, -0.2) is 36.0 Å². The van der Waals surface area contributed by atoms with Gasteiger partial charge in [0.2, 0.25) is 0 Å². The van der Waals surface area contributed by atoms with E-state index in [0.29, 0.717) is 0 Å². The first-order chi connectivity index (χ1) is 5.36. The summed E-state index contributed by atoms with van der Waals surface area (Å²) in [7, 11) is 2.26. The fourth-order valence-corrected chi connectivity index (χ4v) is 3.26. The smallest absolute Gasteiger partial charge is 0.0186 e. The molecule has 0 aromatic carbocycles. The minimum absolute atomic E-state index is 0.925. The van der Waals surface area contributed by atoms with Crippen LogP contribution in [-0.2, 0) is 0 Å². The number of rotatable bonds is 0. The number of nitrogens with zero attached hydrogens (tertiary/aromatic N) is 1. The van der Waals surface area contributed by atoms with E-state index >= 15 is 0 Å². The Morgan fingerprint density at radius 3 is 2.55 bits per heavy atom. The molecule has 2 aliphatic heterocycles. The van der Waals surface area contributed by atoms with Crippen LogP contribution in [0.3, 0.4) is 0 Å². The maximum Gasteiger partial charge on any atom is 0.0186 e. The molecule has 0 spiro atoms. The number of hydrogen-bond acceptors (Lipinski definition) is 2. The number of likely N-dealkylation sites (tertiary alicyclic amines) is 1. The molecule has 2 fully saturated rings. The highest BCUT2D eigenvalue weighted by Crippen LogP contribution is 2.32. The molecule has 0 aliphatic carbocycles. The van der Waals surface area contributed by atoms with E-state index in [1.165, 1.54) is 24.5 Å². The Morgan fingerprint density at radius 1 is 1.27 bits per heavy atom. The van der Waals surface area contributed by atoms with E-state index in [2.05, 4.69) is 23.7 Å². The average molecular weight is 173 g/mol. The van der Waals surface area contributed by atoms with E-state index < -0.39 is 0 Å². The van der Waals surface area contributed by atoms with Gasteiger partial charge in [-0.25, -0.2) is 0 Å². The molecule has 0 aromatic rings. The molecule has 66 valence electrons. The van der Waals surface area contributed by atoms with E-state index in [-0.39, 0.29) is 0 Å². The van der Waals surface area contributed by atoms with Gasteiger partial charge in [0.25, 0.3) is 0 Å². The molecule has 0 amide bonds. The third kappa shape index (κ3) is 2.12. The Kier molecular flexibility index (Phi) is 3.73. The quantitative estimate of drug-likeness (QED) is 0.552. The van der Waals surface area contributed by atoms with Crippen molar-refractivity contribution in [2.45, 2.75) is 26.3 Å². The molecule has 2 saturated heterocycles. The first kappa shape index (κ1) is 9.40. The zero-order valence-corrected chi connectivity index (χ0v) is 8.66. The second kappa shape index (κ2) is 4.36. The normalized spacial score (nSPS) is 36.3. The van der Waals surface area contributed by atoms with Gasteiger partial charge >= 0.3 is 0 Å². The van der Waals surface area contributed by atoms with E-state index in [4.69, 9.17) is 0 Å². The molecule has 2 heteroatoms. The lowest BCUT2D eigenvalue weighted by Gasteiger charge is -2.19. The van der Waals surface area contributed by atoms with Gasteiger partial charge in [0, 0.05) is 18.3 Å². The van der Waals surface area contributed by atoms with Crippen molar-refractivity contribution in [3.8, 4) is 0 Å². The van der Waals surface area contributed by atoms with Gasteiger partial charge in [0.1, 0.15) is 0 Å². The van der Waals surface area contributed by atoms with Crippen LogP contribution in [0.5, 0.6) is 0 Å². The molecule has 11 heavy (non-hydrogen) atoms. The van der Waals surface area contributed by atoms with Crippen LogP contribution in [0, 0.1) is 5.92 Å². The molecular formula is C9H19NS. The molecule has 2 aliphatic rings. The van der Waals surface area contributed by atoms with E-state index in [0.717, 1.165) is 12.0 Å². The molecule has 2 bridgehead atoms. The standard InChI is InChI=1S/C7H13NS.C2H6/c1-8-3-6-2-7(8)5-9-4-6;1-2/h6-7H,2-5H2,1H3;1-2H3. The van der Waals surface area contributed by atoms with Gasteiger partial charge in [0.15, 0.2) is 0 Å². The Hall–Kier alpha value is 0.310. The Labute approximate surface area is 74.5 Å². The van der Waals surface area contributed by atoms with Crippen molar-refractivity contribution in [2.24, 2.45) is 5.92 Å². The van der Waals surface area contributed by atoms with Crippen LogP contribution < -0.4 is 0 Å². The Morgan fingerprint density at radius 2 is 2.00 bits per heavy atom. The second-order valence-electron chi connectivity index (χ2n) is 3.23. The zero-order valence-electron chi connectivity index (χ0n) is 7.84. The van der Waals surface area contributed by atoms with Crippen LogP contribution in [0.2, 0.25) is 0 Å². The van der Waals surface area contributed by atoms with Crippen molar-refractivity contribution in [1.29, 1.82) is 0 Å². The summed E-state index contributed by atoms with van der Waals surface area (Å²) in [5.41, 5.74) is 0. The molecule has 0 radical (unpaired) electrons. The van der Waals surface area contributed by atoms with Crippen LogP contribution in [0.25, 0.3) is 0 Å². The molecule has 2 heterocycles. The first-order valence-electron chi connectivity index (χ1n) is 4.64. The Balaban J connectivity index is 0.000000281. The molecule has 2 atom stereocenters.